The fourth-order valence-electron chi connectivity index (χ4n) is 1.66. The number of hydrogen-bond acceptors (Lipinski definition) is 3. The van der Waals surface area contributed by atoms with Crippen molar-refractivity contribution in [3.63, 3.8) is 0 Å². The Morgan fingerprint density at radius 2 is 2.06 bits per heavy atom. The van der Waals surface area contributed by atoms with Crippen LogP contribution in [0.4, 0.5) is 0 Å². The van der Waals surface area contributed by atoms with Crippen molar-refractivity contribution in [2.75, 3.05) is 0 Å². The van der Waals surface area contributed by atoms with Gasteiger partial charge in [-0.05, 0) is 18.9 Å². The SMILES string of the molecule is Cc1csc(CCC(N)c2ccccc2)n1. The molecule has 0 aliphatic heterocycles. The summed E-state index contributed by atoms with van der Waals surface area (Å²) in [5.74, 6) is 0. The molecule has 0 amide bonds. The number of benzene rings is 1. The van der Waals surface area contributed by atoms with Crippen LogP contribution >= 0.6 is 11.3 Å². The predicted octanol–water partition coefficient (Wildman–Crippen LogP) is 3.08. The van der Waals surface area contributed by atoms with E-state index in [1.54, 1.807) is 11.3 Å². The summed E-state index contributed by atoms with van der Waals surface area (Å²) in [7, 11) is 0. The zero-order valence-corrected chi connectivity index (χ0v) is 10.2. The van der Waals surface area contributed by atoms with E-state index in [0.29, 0.717) is 0 Å². The molecule has 0 saturated carbocycles. The van der Waals surface area contributed by atoms with Gasteiger partial charge in [0, 0.05) is 23.5 Å². The zero-order valence-electron chi connectivity index (χ0n) is 9.39. The summed E-state index contributed by atoms with van der Waals surface area (Å²) in [6.07, 6.45) is 1.92. The van der Waals surface area contributed by atoms with E-state index in [2.05, 4.69) is 22.5 Å². The van der Waals surface area contributed by atoms with Crippen molar-refractivity contribution in [2.45, 2.75) is 25.8 Å². The molecule has 2 N–H and O–H groups in total. The number of aryl methyl sites for hydroxylation is 2. The third-order valence-corrected chi connectivity index (χ3v) is 3.59. The van der Waals surface area contributed by atoms with Crippen LogP contribution in [0.2, 0.25) is 0 Å². The lowest BCUT2D eigenvalue weighted by atomic mass is 10.0. The predicted molar refractivity (Wildman–Crippen MR) is 68.5 cm³/mol. The Hall–Kier alpha value is -1.19. The van der Waals surface area contributed by atoms with Gasteiger partial charge in [0.25, 0.3) is 0 Å². The van der Waals surface area contributed by atoms with Gasteiger partial charge in [0.15, 0.2) is 0 Å². The van der Waals surface area contributed by atoms with Gasteiger partial charge in [-0.25, -0.2) is 4.98 Å². The smallest absolute Gasteiger partial charge is 0.0928 e. The number of rotatable bonds is 4. The first-order chi connectivity index (χ1) is 7.75. The van der Waals surface area contributed by atoms with Crippen molar-refractivity contribution >= 4 is 11.3 Å². The molecular weight excluding hydrogens is 216 g/mol. The summed E-state index contributed by atoms with van der Waals surface area (Å²) in [6.45, 7) is 2.02. The van der Waals surface area contributed by atoms with Crippen molar-refractivity contribution in [1.82, 2.24) is 4.98 Å². The van der Waals surface area contributed by atoms with Gasteiger partial charge in [-0.3, -0.25) is 0 Å². The second kappa shape index (κ2) is 5.23. The van der Waals surface area contributed by atoms with Crippen molar-refractivity contribution in [3.8, 4) is 0 Å². The molecule has 16 heavy (non-hydrogen) atoms. The van der Waals surface area contributed by atoms with Gasteiger partial charge in [0.1, 0.15) is 0 Å². The first-order valence-electron chi connectivity index (χ1n) is 5.47. The van der Waals surface area contributed by atoms with Crippen LogP contribution < -0.4 is 5.73 Å². The van der Waals surface area contributed by atoms with Crippen molar-refractivity contribution in [1.29, 1.82) is 0 Å². The second-order valence-electron chi connectivity index (χ2n) is 3.94. The number of hydrogen-bond donors (Lipinski definition) is 1. The topological polar surface area (TPSA) is 38.9 Å². The molecular formula is C13H16N2S. The first-order valence-corrected chi connectivity index (χ1v) is 6.35. The van der Waals surface area contributed by atoms with Crippen LogP contribution in [0.5, 0.6) is 0 Å². The lowest BCUT2D eigenvalue weighted by molar-refractivity contribution is 0.649. The van der Waals surface area contributed by atoms with Gasteiger partial charge in [-0.15, -0.1) is 11.3 Å². The molecule has 1 atom stereocenters. The van der Waals surface area contributed by atoms with Gasteiger partial charge in [-0.1, -0.05) is 30.3 Å². The summed E-state index contributed by atoms with van der Waals surface area (Å²) in [6, 6.07) is 10.4. The molecule has 0 bridgehead atoms. The largest absolute Gasteiger partial charge is 0.324 e. The maximum atomic E-state index is 6.13. The summed E-state index contributed by atoms with van der Waals surface area (Å²) in [5.41, 5.74) is 8.44. The third-order valence-electron chi connectivity index (χ3n) is 2.56. The fraction of sp³-hybridized carbons (Fsp3) is 0.308. The third kappa shape index (κ3) is 2.90. The average molecular weight is 232 g/mol. The highest BCUT2D eigenvalue weighted by atomic mass is 32.1. The maximum absolute atomic E-state index is 6.13. The average Bonchev–Trinajstić information content (AvgIpc) is 2.73. The standard InChI is InChI=1S/C13H16N2S/c1-10-9-16-13(15-10)8-7-12(14)11-5-3-2-4-6-11/h2-6,9,12H,7-8,14H2,1H3. The lowest BCUT2D eigenvalue weighted by Crippen LogP contribution is -2.11. The first kappa shape index (κ1) is 11.3. The molecule has 0 saturated heterocycles. The van der Waals surface area contributed by atoms with Crippen LogP contribution in [-0.4, -0.2) is 4.98 Å². The highest BCUT2D eigenvalue weighted by molar-refractivity contribution is 7.09. The van der Waals surface area contributed by atoms with Crippen LogP contribution in [0.3, 0.4) is 0 Å². The van der Waals surface area contributed by atoms with E-state index in [1.807, 2.05) is 25.1 Å². The highest BCUT2D eigenvalue weighted by Crippen LogP contribution is 2.18. The lowest BCUT2D eigenvalue weighted by Gasteiger charge is -2.10. The Morgan fingerprint density at radius 3 is 2.69 bits per heavy atom. The Kier molecular flexibility index (Phi) is 3.70. The van der Waals surface area contributed by atoms with E-state index in [1.165, 1.54) is 10.6 Å². The number of thiazole rings is 1. The maximum Gasteiger partial charge on any atom is 0.0928 e. The molecule has 2 rings (SSSR count). The summed E-state index contributed by atoms with van der Waals surface area (Å²) in [4.78, 5) is 4.44. The number of nitrogens with two attached hydrogens (primary N) is 1. The van der Waals surface area contributed by atoms with E-state index < -0.39 is 0 Å². The Morgan fingerprint density at radius 1 is 1.31 bits per heavy atom. The van der Waals surface area contributed by atoms with E-state index in [9.17, 15) is 0 Å². The fourth-order valence-corrected chi connectivity index (χ4v) is 2.46. The molecule has 3 heteroatoms. The molecule has 2 aromatic rings. The van der Waals surface area contributed by atoms with Gasteiger partial charge in [0.2, 0.25) is 0 Å². The number of nitrogens with zero attached hydrogens (tertiary/aromatic N) is 1. The van der Waals surface area contributed by atoms with Crippen LogP contribution in [0.25, 0.3) is 0 Å². The van der Waals surface area contributed by atoms with Crippen LogP contribution in [0.1, 0.15) is 28.7 Å². The van der Waals surface area contributed by atoms with Gasteiger partial charge < -0.3 is 5.73 Å². The molecule has 0 spiro atoms. The molecule has 1 aromatic heterocycles. The minimum atomic E-state index is 0.116. The monoisotopic (exact) mass is 232 g/mol. The minimum absolute atomic E-state index is 0.116. The second-order valence-corrected chi connectivity index (χ2v) is 4.88. The van der Waals surface area contributed by atoms with E-state index in [0.717, 1.165) is 18.5 Å². The quantitative estimate of drug-likeness (QED) is 0.879. The van der Waals surface area contributed by atoms with Crippen LogP contribution in [-0.2, 0) is 6.42 Å². The zero-order chi connectivity index (χ0) is 11.4. The van der Waals surface area contributed by atoms with E-state index >= 15 is 0 Å². The molecule has 2 nitrogen and oxygen atoms in total. The normalized spacial score (nSPS) is 12.6. The van der Waals surface area contributed by atoms with Crippen LogP contribution in [0.15, 0.2) is 35.7 Å². The Bertz CT molecular complexity index is 436. The molecule has 84 valence electrons. The summed E-state index contributed by atoms with van der Waals surface area (Å²) in [5, 5.41) is 3.27. The molecule has 0 radical (unpaired) electrons. The Balaban J connectivity index is 1.91. The highest BCUT2D eigenvalue weighted by Gasteiger charge is 2.06. The van der Waals surface area contributed by atoms with Crippen molar-refractivity contribution < 1.29 is 0 Å². The molecule has 1 aromatic carbocycles. The Labute approximate surface area is 100 Å². The summed E-state index contributed by atoms with van der Waals surface area (Å²) < 4.78 is 0. The molecule has 0 fully saturated rings. The van der Waals surface area contributed by atoms with Crippen molar-refractivity contribution in [3.05, 3.63) is 52.0 Å². The summed E-state index contributed by atoms with van der Waals surface area (Å²) >= 11 is 1.72. The molecule has 0 aliphatic rings. The van der Waals surface area contributed by atoms with E-state index in [-0.39, 0.29) is 6.04 Å². The molecule has 1 heterocycles. The molecule has 0 aliphatic carbocycles. The van der Waals surface area contributed by atoms with Crippen molar-refractivity contribution in [2.24, 2.45) is 5.73 Å². The minimum Gasteiger partial charge on any atom is -0.324 e. The number of aromatic nitrogens is 1. The van der Waals surface area contributed by atoms with Gasteiger partial charge in [0.05, 0.1) is 5.01 Å². The van der Waals surface area contributed by atoms with Gasteiger partial charge >= 0.3 is 0 Å². The van der Waals surface area contributed by atoms with E-state index in [4.69, 9.17) is 5.73 Å². The van der Waals surface area contributed by atoms with Gasteiger partial charge in [-0.2, -0.15) is 0 Å². The molecule has 1 unspecified atom stereocenters. The van der Waals surface area contributed by atoms with Crippen LogP contribution in [0, 0.1) is 6.92 Å².